The van der Waals surface area contributed by atoms with Crippen LogP contribution in [0.15, 0.2) is 24.3 Å². The van der Waals surface area contributed by atoms with Crippen LogP contribution in [0.3, 0.4) is 0 Å². The first-order valence-corrected chi connectivity index (χ1v) is 6.10. The first-order valence-electron chi connectivity index (χ1n) is 5.72. The maximum absolute atomic E-state index is 11.6. The third kappa shape index (κ3) is 2.88. The number of rotatable bonds is 4. The van der Waals surface area contributed by atoms with Gasteiger partial charge in [0.2, 0.25) is 0 Å². The van der Waals surface area contributed by atoms with Gasteiger partial charge in [-0.05, 0) is 31.2 Å². The molecule has 1 aromatic heterocycles. The van der Waals surface area contributed by atoms with E-state index in [9.17, 15) is 4.79 Å². The first kappa shape index (κ1) is 13.4. The average molecular weight is 281 g/mol. The molecule has 0 spiro atoms. The fourth-order valence-corrected chi connectivity index (χ4v) is 1.83. The highest BCUT2D eigenvalue weighted by atomic mass is 35.5. The van der Waals surface area contributed by atoms with E-state index in [1.165, 1.54) is 0 Å². The zero-order chi connectivity index (χ0) is 13.8. The van der Waals surface area contributed by atoms with Crippen LogP contribution in [0.4, 0.5) is 0 Å². The molecular formula is C13H13ClN2O3. The minimum absolute atomic E-state index is 0.291. The number of carbonyl (C=O) groups excluding carboxylic acids is 1. The molecule has 1 heterocycles. The van der Waals surface area contributed by atoms with E-state index in [1.54, 1.807) is 38.3 Å². The minimum atomic E-state index is -0.442. The van der Waals surface area contributed by atoms with Gasteiger partial charge < -0.3 is 9.47 Å². The molecule has 5 nitrogen and oxygen atoms in total. The highest BCUT2D eigenvalue weighted by molar-refractivity contribution is 6.31. The molecule has 2 rings (SSSR count). The molecule has 2 aromatic rings. The van der Waals surface area contributed by atoms with Gasteiger partial charge >= 0.3 is 5.97 Å². The fraction of sp³-hybridized carbons (Fsp3) is 0.231. The molecule has 0 radical (unpaired) electrons. The minimum Gasteiger partial charge on any atom is -0.496 e. The van der Waals surface area contributed by atoms with Crippen LogP contribution < -0.4 is 4.74 Å². The summed E-state index contributed by atoms with van der Waals surface area (Å²) in [5, 5.41) is 7.28. The van der Waals surface area contributed by atoms with Crippen molar-refractivity contribution in [2.24, 2.45) is 0 Å². The lowest BCUT2D eigenvalue weighted by Gasteiger charge is -2.05. The topological polar surface area (TPSA) is 64.2 Å². The van der Waals surface area contributed by atoms with Crippen LogP contribution in [0, 0.1) is 0 Å². The summed E-state index contributed by atoms with van der Waals surface area (Å²) in [6.07, 6.45) is 0. The molecule has 0 bridgehead atoms. The highest BCUT2D eigenvalue weighted by Gasteiger charge is 2.14. The maximum atomic E-state index is 11.6. The van der Waals surface area contributed by atoms with Crippen LogP contribution in [-0.2, 0) is 4.74 Å². The van der Waals surface area contributed by atoms with Gasteiger partial charge in [0.1, 0.15) is 11.4 Å². The number of hydrogen-bond acceptors (Lipinski definition) is 4. The molecule has 6 heteroatoms. The number of aromatic amines is 1. The molecule has 100 valence electrons. The van der Waals surface area contributed by atoms with Crippen molar-refractivity contribution in [3.05, 3.63) is 35.0 Å². The van der Waals surface area contributed by atoms with Crippen molar-refractivity contribution in [2.45, 2.75) is 6.92 Å². The molecule has 0 atom stereocenters. The standard InChI is InChI=1S/C13H13ClN2O3/c1-3-19-13(17)11-7-10(15-16-11)9-6-8(14)4-5-12(9)18-2/h4-7H,3H2,1-2H3,(H,15,16). The molecule has 1 N–H and O–H groups in total. The number of nitrogens with zero attached hydrogens (tertiary/aromatic N) is 1. The van der Waals surface area contributed by atoms with E-state index >= 15 is 0 Å². The summed E-state index contributed by atoms with van der Waals surface area (Å²) in [6.45, 7) is 2.06. The molecule has 0 saturated carbocycles. The predicted octanol–water partition coefficient (Wildman–Crippen LogP) is 2.92. The lowest BCUT2D eigenvalue weighted by molar-refractivity contribution is 0.0519. The summed E-state index contributed by atoms with van der Waals surface area (Å²) in [4.78, 5) is 11.6. The maximum Gasteiger partial charge on any atom is 0.356 e. The smallest absolute Gasteiger partial charge is 0.356 e. The SMILES string of the molecule is CCOC(=O)c1cc(-c2cc(Cl)ccc2OC)n[nH]1. The predicted molar refractivity (Wildman–Crippen MR) is 71.5 cm³/mol. The van der Waals surface area contributed by atoms with E-state index in [0.29, 0.717) is 34.3 Å². The molecule has 0 aliphatic rings. The monoisotopic (exact) mass is 280 g/mol. The van der Waals surface area contributed by atoms with Crippen LogP contribution in [-0.4, -0.2) is 29.9 Å². The van der Waals surface area contributed by atoms with Gasteiger partial charge in [-0.3, -0.25) is 5.10 Å². The third-order valence-corrected chi connectivity index (χ3v) is 2.75. The van der Waals surface area contributed by atoms with Crippen molar-refractivity contribution in [1.29, 1.82) is 0 Å². The van der Waals surface area contributed by atoms with Gasteiger partial charge in [0.15, 0.2) is 0 Å². The summed E-state index contributed by atoms with van der Waals surface area (Å²) < 4.78 is 10.1. The van der Waals surface area contributed by atoms with Crippen molar-refractivity contribution in [3.63, 3.8) is 0 Å². The second-order valence-electron chi connectivity index (χ2n) is 3.73. The third-order valence-electron chi connectivity index (χ3n) is 2.51. The Bertz CT molecular complexity index is 595. The zero-order valence-electron chi connectivity index (χ0n) is 10.6. The van der Waals surface area contributed by atoms with Gasteiger partial charge in [-0.25, -0.2) is 4.79 Å². The Morgan fingerprint density at radius 3 is 2.89 bits per heavy atom. The molecular weight excluding hydrogens is 268 g/mol. The van der Waals surface area contributed by atoms with Crippen LogP contribution in [0.5, 0.6) is 5.75 Å². The fourth-order valence-electron chi connectivity index (χ4n) is 1.65. The van der Waals surface area contributed by atoms with Crippen molar-refractivity contribution in [2.75, 3.05) is 13.7 Å². The molecule has 0 fully saturated rings. The Kier molecular flexibility index (Phi) is 4.06. The van der Waals surface area contributed by atoms with E-state index in [0.717, 1.165) is 0 Å². The van der Waals surface area contributed by atoms with Gasteiger partial charge in [0.25, 0.3) is 0 Å². The van der Waals surface area contributed by atoms with Crippen molar-refractivity contribution < 1.29 is 14.3 Å². The molecule has 19 heavy (non-hydrogen) atoms. The normalized spacial score (nSPS) is 10.3. The van der Waals surface area contributed by atoms with E-state index in [4.69, 9.17) is 21.1 Å². The summed E-state index contributed by atoms with van der Waals surface area (Å²) in [5.41, 5.74) is 1.57. The van der Waals surface area contributed by atoms with Gasteiger partial charge in [-0.2, -0.15) is 5.10 Å². The number of carbonyl (C=O) groups is 1. The quantitative estimate of drug-likeness (QED) is 0.875. The Hall–Kier alpha value is -2.01. The van der Waals surface area contributed by atoms with Gasteiger partial charge in [0, 0.05) is 10.6 Å². The number of hydrogen-bond donors (Lipinski definition) is 1. The van der Waals surface area contributed by atoms with Gasteiger partial charge in [-0.15, -0.1) is 0 Å². The van der Waals surface area contributed by atoms with E-state index in [2.05, 4.69) is 10.2 Å². The average Bonchev–Trinajstić information content (AvgIpc) is 2.88. The van der Waals surface area contributed by atoms with Crippen molar-refractivity contribution in [1.82, 2.24) is 10.2 Å². The molecule has 0 aliphatic carbocycles. The van der Waals surface area contributed by atoms with Crippen LogP contribution in [0.2, 0.25) is 5.02 Å². The second-order valence-corrected chi connectivity index (χ2v) is 4.17. The van der Waals surface area contributed by atoms with Gasteiger partial charge in [0.05, 0.1) is 19.4 Å². The summed E-state index contributed by atoms with van der Waals surface area (Å²) in [5.74, 6) is 0.188. The first-order chi connectivity index (χ1) is 9.15. The van der Waals surface area contributed by atoms with Crippen LogP contribution in [0.1, 0.15) is 17.4 Å². The number of esters is 1. The Balaban J connectivity index is 2.37. The number of halogens is 1. The lowest BCUT2D eigenvalue weighted by Crippen LogP contribution is -2.04. The molecule has 0 unspecified atom stereocenters. The number of ether oxygens (including phenoxy) is 2. The number of H-pyrrole nitrogens is 1. The second kappa shape index (κ2) is 5.75. The molecule has 0 saturated heterocycles. The van der Waals surface area contributed by atoms with E-state index < -0.39 is 5.97 Å². The largest absolute Gasteiger partial charge is 0.496 e. The molecule has 0 amide bonds. The molecule has 0 aliphatic heterocycles. The summed E-state index contributed by atoms with van der Waals surface area (Å²) in [6, 6.07) is 6.80. The number of benzene rings is 1. The van der Waals surface area contributed by atoms with Crippen molar-refractivity contribution in [3.8, 4) is 17.0 Å². The van der Waals surface area contributed by atoms with E-state index in [-0.39, 0.29) is 0 Å². The Morgan fingerprint density at radius 2 is 2.21 bits per heavy atom. The van der Waals surface area contributed by atoms with Crippen LogP contribution in [0.25, 0.3) is 11.3 Å². The highest BCUT2D eigenvalue weighted by Crippen LogP contribution is 2.31. The van der Waals surface area contributed by atoms with Crippen molar-refractivity contribution >= 4 is 17.6 Å². The number of nitrogens with one attached hydrogen (secondary N) is 1. The Morgan fingerprint density at radius 1 is 1.42 bits per heavy atom. The zero-order valence-corrected chi connectivity index (χ0v) is 11.3. The summed E-state index contributed by atoms with van der Waals surface area (Å²) >= 11 is 5.96. The Labute approximate surface area is 115 Å². The number of aromatic nitrogens is 2. The number of methoxy groups -OCH3 is 1. The van der Waals surface area contributed by atoms with E-state index in [1.807, 2.05) is 0 Å². The molecule has 1 aromatic carbocycles. The van der Waals surface area contributed by atoms with Crippen LogP contribution >= 0.6 is 11.6 Å². The van der Waals surface area contributed by atoms with Gasteiger partial charge in [-0.1, -0.05) is 11.6 Å². The summed E-state index contributed by atoms with van der Waals surface area (Å²) in [7, 11) is 1.56. The lowest BCUT2D eigenvalue weighted by atomic mass is 10.1.